The number of benzene rings is 4. The number of para-hydroxylation sites is 1. The molecule has 45 heavy (non-hydrogen) atoms. The van der Waals surface area contributed by atoms with Crippen LogP contribution in [0.1, 0.15) is 44.4 Å². The average Bonchev–Trinajstić information content (AvgIpc) is 3.01. The zero-order valence-corrected chi connectivity index (χ0v) is 28.5. The second-order valence-corrected chi connectivity index (χ2v) is 14.7. The summed E-state index contributed by atoms with van der Waals surface area (Å²) in [6.45, 7) is 7.22. The van der Waals surface area contributed by atoms with E-state index in [1.54, 1.807) is 30.3 Å². The van der Waals surface area contributed by atoms with E-state index in [0.717, 1.165) is 21.2 Å². The van der Waals surface area contributed by atoms with Crippen LogP contribution >= 0.6 is 15.9 Å². The van der Waals surface area contributed by atoms with E-state index >= 15 is 0 Å². The summed E-state index contributed by atoms with van der Waals surface area (Å²) in [6.07, 6.45) is 0.816. The van der Waals surface area contributed by atoms with Gasteiger partial charge in [-0.2, -0.15) is 0 Å². The van der Waals surface area contributed by atoms with Crippen LogP contribution in [-0.4, -0.2) is 43.3 Å². The number of nitrogens with zero attached hydrogens (tertiary/aromatic N) is 2. The molecule has 0 saturated carbocycles. The topological polar surface area (TPSA) is 86.8 Å². The Labute approximate surface area is 275 Å². The fourth-order valence-corrected chi connectivity index (χ4v) is 7.04. The summed E-state index contributed by atoms with van der Waals surface area (Å²) >= 11 is 3.52. The number of sulfonamides is 1. The molecule has 0 aliphatic heterocycles. The van der Waals surface area contributed by atoms with E-state index in [1.807, 2.05) is 94.4 Å². The molecule has 236 valence electrons. The molecule has 2 amide bonds. The third-order valence-corrected chi connectivity index (χ3v) is 9.53. The Morgan fingerprint density at radius 2 is 1.42 bits per heavy atom. The van der Waals surface area contributed by atoms with Crippen LogP contribution in [0.25, 0.3) is 0 Å². The van der Waals surface area contributed by atoms with Crippen molar-refractivity contribution in [3.63, 3.8) is 0 Å². The fraction of sp³-hybridized carbons (Fsp3) is 0.278. The summed E-state index contributed by atoms with van der Waals surface area (Å²) in [5.74, 6) is -0.813. The highest BCUT2D eigenvalue weighted by Gasteiger charge is 2.36. The molecule has 4 rings (SSSR count). The Morgan fingerprint density at radius 3 is 2.04 bits per heavy atom. The van der Waals surface area contributed by atoms with Crippen LogP contribution in [-0.2, 0) is 39.0 Å². The lowest BCUT2D eigenvalue weighted by atomic mass is 10.0. The van der Waals surface area contributed by atoms with Crippen molar-refractivity contribution in [1.29, 1.82) is 0 Å². The van der Waals surface area contributed by atoms with Gasteiger partial charge in [-0.25, -0.2) is 8.42 Å². The van der Waals surface area contributed by atoms with Gasteiger partial charge in [0.1, 0.15) is 12.6 Å². The zero-order valence-electron chi connectivity index (χ0n) is 26.1. The molecular formula is C36H40BrN3O4S. The lowest BCUT2D eigenvalue weighted by Gasteiger charge is -2.35. The summed E-state index contributed by atoms with van der Waals surface area (Å²) in [4.78, 5) is 30.2. The van der Waals surface area contributed by atoms with Crippen molar-refractivity contribution in [3.05, 3.63) is 130 Å². The number of hydrogen-bond acceptors (Lipinski definition) is 4. The maximum absolute atomic E-state index is 14.6. The Morgan fingerprint density at radius 1 is 0.822 bits per heavy atom. The molecule has 9 heteroatoms. The van der Waals surface area contributed by atoms with Gasteiger partial charge in [-0.3, -0.25) is 13.9 Å². The predicted octanol–water partition coefficient (Wildman–Crippen LogP) is 6.76. The van der Waals surface area contributed by atoms with Crippen molar-refractivity contribution in [2.24, 2.45) is 0 Å². The summed E-state index contributed by atoms with van der Waals surface area (Å²) in [5.41, 5.74) is 2.33. The minimum atomic E-state index is -4.15. The smallest absolute Gasteiger partial charge is 0.264 e. The molecule has 1 N–H and O–H groups in total. The van der Waals surface area contributed by atoms with Crippen molar-refractivity contribution in [3.8, 4) is 0 Å². The van der Waals surface area contributed by atoms with E-state index in [4.69, 9.17) is 0 Å². The Hall–Kier alpha value is -3.95. The van der Waals surface area contributed by atoms with Crippen LogP contribution in [0, 0.1) is 0 Å². The molecule has 0 spiro atoms. The highest BCUT2D eigenvalue weighted by molar-refractivity contribution is 9.10. The maximum Gasteiger partial charge on any atom is 0.264 e. The summed E-state index contributed by atoms with van der Waals surface area (Å²) in [7, 11) is -4.15. The van der Waals surface area contributed by atoms with Crippen LogP contribution in [0.4, 0.5) is 5.69 Å². The Balaban J connectivity index is 1.84. The van der Waals surface area contributed by atoms with Crippen molar-refractivity contribution in [1.82, 2.24) is 10.2 Å². The molecule has 0 radical (unpaired) electrons. The van der Waals surface area contributed by atoms with E-state index in [1.165, 1.54) is 21.3 Å². The first-order valence-corrected chi connectivity index (χ1v) is 17.2. The molecule has 0 bridgehead atoms. The van der Waals surface area contributed by atoms with Gasteiger partial charge in [-0.05, 0) is 74.2 Å². The second kappa shape index (κ2) is 14.9. The van der Waals surface area contributed by atoms with Gasteiger partial charge in [0, 0.05) is 23.0 Å². The van der Waals surface area contributed by atoms with Crippen molar-refractivity contribution in [2.45, 2.75) is 63.6 Å². The molecule has 4 aromatic rings. The van der Waals surface area contributed by atoms with Gasteiger partial charge >= 0.3 is 0 Å². The molecule has 4 aromatic carbocycles. The Kier molecular flexibility index (Phi) is 11.2. The quantitative estimate of drug-likeness (QED) is 0.178. The van der Waals surface area contributed by atoms with Gasteiger partial charge in [-0.15, -0.1) is 0 Å². The average molecular weight is 691 g/mol. The molecule has 1 atom stereocenters. The molecule has 0 aliphatic carbocycles. The standard InChI is InChI=1S/C36H40BrN3O4S/c1-5-29-18-12-13-22-32(29)40(45(43,44)31-20-10-7-11-21-31)26-34(41)39(25-28-17-14-19-30(37)23-28)33(35(42)38-36(2,3)4)24-27-15-8-6-9-16-27/h6-23,33H,5,24-26H2,1-4H3,(H,38,42)/t33-/m0/s1. The van der Waals surface area contributed by atoms with E-state index in [-0.39, 0.29) is 23.8 Å². The number of nitrogens with one attached hydrogen (secondary N) is 1. The summed E-state index contributed by atoms with van der Waals surface area (Å²) < 4.78 is 30.4. The van der Waals surface area contributed by atoms with Crippen molar-refractivity contribution < 1.29 is 18.0 Å². The van der Waals surface area contributed by atoms with Gasteiger partial charge < -0.3 is 10.2 Å². The van der Waals surface area contributed by atoms with Crippen molar-refractivity contribution >= 4 is 43.5 Å². The lowest BCUT2D eigenvalue weighted by molar-refractivity contribution is -0.140. The van der Waals surface area contributed by atoms with E-state index < -0.39 is 34.1 Å². The minimum absolute atomic E-state index is 0.0774. The summed E-state index contributed by atoms with van der Waals surface area (Å²) in [6, 6.07) is 31.5. The Bertz CT molecular complexity index is 1710. The van der Waals surface area contributed by atoms with Crippen LogP contribution in [0.2, 0.25) is 0 Å². The number of carbonyl (C=O) groups is 2. The van der Waals surface area contributed by atoms with Gasteiger partial charge in [0.2, 0.25) is 11.8 Å². The molecule has 0 fully saturated rings. The first kappa shape index (κ1) is 33.9. The number of amides is 2. The van der Waals surface area contributed by atoms with Crippen LogP contribution in [0.5, 0.6) is 0 Å². The first-order valence-electron chi connectivity index (χ1n) is 14.9. The minimum Gasteiger partial charge on any atom is -0.350 e. The third kappa shape index (κ3) is 9.05. The van der Waals surface area contributed by atoms with Crippen LogP contribution < -0.4 is 9.62 Å². The number of anilines is 1. The maximum atomic E-state index is 14.6. The van der Waals surface area contributed by atoms with Gasteiger partial charge in [0.15, 0.2) is 0 Å². The lowest BCUT2D eigenvalue weighted by Crippen LogP contribution is -2.56. The third-order valence-electron chi connectivity index (χ3n) is 7.26. The molecular weight excluding hydrogens is 650 g/mol. The molecule has 0 heterocycles. The van der Waals surface area contributed by atoms with Gasteiger partial charge in [0.05, 0.1) is 10.6 Å². The molecule has 7 nitrogen and oxygen atoms in total. The molecule has 0 aliphatic rings. The van der Waals surface area contributed by atoms with E-state index in [0.29, 0.717) is 12.1 Å². The van der Waals surface area contributed by atoms with Gasteiger partial charge in [-0.1, -0.05) is 102 Å². The number of carbonyl (C=O) groups excluding carboxylic acids is 2. The number of aryl methyl sites for hydroxylation is 1. The highest BCUT2D eigenvalue weighted by Crippen LogP contribution is 2.28. The normalized spacial score (nSPS) is 12.3. The number of hydrogen-bond donors (Lipinski definition) is 1. The molecule has 0 unspecified atom stereocenters. The van der Waals surface area contributed by atoms with Crippen LogP contribution in [0.15, 0.2) is 119 Å². The van der Waals surface area contributed by atoms with Gasteiger partial charge in [0.25, 0.3) is 10.0 Å². The van der Waals surface area contributed by atoms with Crippen LogP contribution in [0.3, 0.4) is 0 Å². The highest BCUT2D eigenvalue weighted by atomic mass is 79.9. The monoisotopic (exact) mass is 689 g/mol. The van der Waals surface area contributed by atoms with E-state index in [9.17, 15) is 18.0 Å². The number of rotatable bonds is 12. The predicted molar refractivity (Wildman–Crippen MR) is 183 cm³/mol. The zero-order chi connectivity index (χ0) is 32.6. The summed E-state index contributed by atoms with van der Waals surface area (Å²) in [5, 5.41) is 3.06. The largest absolute Gasteiger partial charge is 0.350 e. The molecule has 0 saturated heterocycles. The SMILES string of the molecule is CCc1ccccc1N(CC(=O)N(Cc1cccc(Br)c1)[C@@H](Cc1ccccc1)C(=O)NC(C)(C)C)S(=O)(=O)c1ccccc1. The van der Waals surface area contributed by atoms with Crippen molar-refractivity contribution in [2.75, 3.05) is 10.8 Å². The second-order valence-electron chi connectivity index (χ2n) is 11.9. The first-order chi connectivity index (χ1) is 21.4. The van der Waals surface area contributed by atoms with E-state index in [2.05, 4.69) is 21.2 Å². The fourth-order valence-electron chi connectivity index (χ4n) is 5.12. The number of halogens is 1. The molecule has 0 aromatic heterocycles.